The van der Waals surface area contributed by atoms with Crippen molar-refractivity contribution in [3.05, 3.63) is 25.2 Å². The van der Waals surface area contributed by atoms with Crippen LogP contribution in [0.4, 0.5) is 5.69 Å². The van der Waals surface area contributed by atoms with E-state index in [1.165, 1.54) is 34.0 Å². The Morgan fingerprint density at radius 3 is 2.92 bits per heavy atom. The number of benzene rings is 1. The predicted octanol–water partition coefficient (Wildman–Crippen LogP) is 3.12. The highest BCUT2D eigenvalue weighted by Crippen LogP contribution is 2.36. The van der Waals surface area contributed by atoms with Crippen molar-refractivity contribution in [3.63, 3.8) is 0 Å². The maximum absolute atomic E-state index is 5.90. The summed E-state index contributed by atoms with van der Waals surface area (Å²) in [4.78, 5) is 0. The molecule has 0 atom stereocenters. The third kappa shape index (κ3) is 1.27. The van der Waals surface area contributed by atoms with E-state index in [-0.39, 0.29) is 0 Å². The molecule has 0 saturated carbocycles. The zero-order valence-electron chi connectivity index (χ0n) is 6.53. The molecule has 1 aromatic carbocycles. The first-order valence-corrected chi connectivity index (χ1v) is 5.82. The number of anilines is 1. The molecule has 0 unspecified atom stereocenters. The van der Waals surface area contributed by atoms with Crippen LogP contribution in [0.15, 0.2) is 10.5 Å². The molecular weight excluding hydrogens is 329 g/mol. The van der Waals surface area contributed by atoms with Crippen molar-refractivity contribution in [2.75, 3.05) is 5.73 Å². The summed E-state index contributed by atoms with van der Waals surface area (Å²) in [5, 5.41) is 0. The molecule has 0 aromatic heterocycles. The summed E-state index contributed by atoms with van der Waals surface area (Å²) in [5.41, 5.74) is 9.70. The third-order valence-electron chi connectivity index (χ3n) is 2.32. The van der Waals surface area contributed by atoms with Crippen LogP contribution in [0.25, 0.3) is 0 Å². The monoisotopic (exact) mass is 337 g/mol. The Morgan fingerprint density at radius 1 is 1.42 bits per heavy atom. The van der Waals surface area contributed by atoms with Crippen molar-refractivity contribution < 1.29 is 0 Å². The molecule has 0 saturated heterocycles. The summed E-state index contributed by atoms with van der Waals surface area (Å²) in [6.45, 7) is 0. The molecule has 1 nitrogen and oxygen atoms in total. The van der Waals surface area contributed by atoms with Crippen LogP contribution in [0.1, 0.15) is 17.5 Å². The largest absolute Gasteiger partial charge is 0.397 e. The number of aryl methyl sites for hydroxylation is 1. The summed E-state index contributed by atoms with van der Waals surface area (Å²) in [6, 6.07) is 2.21. The van der Waals surface area contributed by atoms with Crippen LogP contribution in [-0.4, -0.2) is 0 Å². The second-order valence-corrected chi connectivity index (χ2v) is 5.03. The van der Waals surface area contributed by atoms with Gasteiger partial charge in [0.05, 0.1) is 5.69 Å². The summed E-state index contributed by atoms with van der Waals surface area (Å²) in [7, 11) is 0. The molecule has 0 radical (unpaired) electrons. The third-order valence-corrected chi connectivity index (χ3v) is 4.12. The highest BCUT2D eigenvalue weighted by atomic mass is 127. The van der Waals surface area contributed by atoms with E-state index in [1.807, 2.05) is 0 Å². The van der Waals surface area contributed by atoms with Gasteiger partial charge in [-0.1, -0.05) is 0 Å². The Bertz CT molecular complexity index is 336. The lowest BCUT2D eigenvalue weighted by molar-refractivity contribution is 0.910. The maximum Gasteiger partial charge on any atom is 0.0597 e. The molecule has 2 N–H and O–H groups in total. The smallest absolute Gasteiger partial charge is 0.0597 e. The van der Waals surface area contributed by atoms with Gasteiger partial charge >= 0.3 is 0 Å². The topological polar surface area (TPSA) is 26.0 Å². The zero-order chi connectivity index (χ0) is 8.72. The van der Waals surface area contributed by atoms with Crippen molar-refractivity contribution in [1.82, 2.24) is 0 Å². The van der Waals surface area contributed by atoms with E-state index in [9.17, 15) is 0 Å². The molecule has 2 rings (SSSR count). The molecule has 3 heteroatoms. The first kappa shape index (κ1) is 8.81. The Morgan fingerprint density at radius 2 is 2.17 bits per heavy atom. The van der Waals surface area contributed by atoms with Crippen LogP contribution in [0.5, 0.6) is 0 Å². The standard InChI is InChI=1S/C9H9BrIN/c10-8-6-3-1-2-5(6)4-7(11)9(8)12/h4H,1-3,12H2. The lowest BCUT2D eigenvalue weighted by atomic mass is 10.1. The molecule has 64 valence electrons. The second kappa shape index (κ2) is 3.18. The number of rotatable bonds is 0. The van der Waals surface area contributed by atoms with Gasteiger partial charge in [0.25, 0.3) is 0 Å². The molecule has 0 spiro atoms. The minimum atomic E-state index is 0.899. The number of nitrogens with two attached hydrogens (primary N) is 1. The van der Waals surface area contributed by atoms with Crippen molar-refractivity contribution in [1.29, 1.82) is 0 Å². The number of hydrogen-bond donors (Lipinski definition) is 1. The van der Waals surface area contributed by atoms with Gasteiger partial charge in [0.1, 0.15) is 0 Å². The molecule has 0 amide bonds. The maximum atomic E-state index is 5.90. The molecule has 0 heterocycles. The van der Waals surface area contributed by atoms with Gasteiger partial charge in [-0.2, -0.15) is 0 Å². The van der Waals surface area contributed by atoms with Crippen molar-refractivity contribution in [2.45, 2.75) is 19.3 Å². The van der Waals surface area contributed by atoms with Crippen LogP contribution in [0.2, 0.25) is 0 Å². The van der Waals surface area contributed by atoms with Crippen molar-refractivity contribution in [3.8, 4) is 0 Å². The molecule has 0 fully saturated rings. The van der Waals surface area contributed by atoms with Gasteiger partial charge in [-0.3, -0.25) is 0 Å². The van der Waals surface area contributed by atoms with E-state index in [4.69, 9.17) is 5.73 Å². The summed E-state index contributed by atoms with van der Waals surface area (Å²) in [6.07, 6.45) is 3.66. The molecular formula is C9H9BrIN. The van der Waals surface area contributed by atoms with Gasteiger partial charge < -0.3 is 5.73 Å². The van der Waals surface area contributed by atoms with E-state index in [1.54, 1.807) is 0 Å². The second-order valence-electron chi connectivity index (χ2n) is 3.08. The molecule has 0 bridgehead atoms. The molecule has 0 aliphatic heterocycles. The van der Waals surface area contributed by atoms with Gasteiger partial charge in [-0.25, -0.2) is 0 Å². The van der Waals surface area contributed by atoms with Crippen LogP contribution in [0.3, 0.4) is 0 Å². The van der Waals surface area contributed by atoms with Crippen LogP contribution in [-0.2, 0) is 12.8 Å². The average molecular weight is 338 g/mol. The Kier molecular flexibility index (Phi) is 2.33. The average Bonchev–Trinajstić information content (AvgIpc) is 2.48. The fourth-order valence-corrected chi connectivity index (χ4v) is 3.36. The first-order chi connectivity index (χ1) is 5.70. The van der Waals surface area contributed by atoms with E-state index in [0.29, 0.717) is 0 Å². The van der Waals surface area contributed by atoms with Gasteiger partial charge in [-0.15, -0.1) is 0 Å². The van der Waals surface area contributed by atoms with Gasteiger partial charge in [0.15, 0.2) is 0 Å². The SMILES string of the molecule is Nc1c(I)cc2c(c1Br)CCC2. The zero-order valence-corrected chi connectivity index (χ0v) is 10.3. The van der Waals surface area contributed by atoms with Crippen LogP contribution in [0, 0.1) is 3.57 Å². The number of hydrogen-bond acceptors (Lipinski definition) is 1. The molecule has 1 aliphatic carbocycles. The highest BCUT2D eigenvalue weighted by Gasteiger charge is 2.17. The number of nitrogen functional groups attached to an aromatic ring is 1. The highest BCUT2D eigenvalue weighted by molar-refractivity contribution is 14.1. The minimum absolute atomic E-state index is 0.899. The summed E-state index contributed by atoms with van der Waals surface area (Å²) < 4.78 is 2.29. The van der Waals surface area contributed by atoms with Crippen molar-refractivity contribution in [2.24, 2.45) is 0 Å². The van der Waals surface area contributed by atoms with Gasteiger partial charge in [0.2, 0.25) is 0 Å². The van der Waals surface area contributed by atoms with Crippen molar-refractivity contribution >= 4 is 44.2 Å². The minimum Gasteiger partial charge on any atom is -0.397 e. The fraction of sp³-hybridized carbons (Fsp3) is 0.333. The fourth-order valence-electron chi connectivity index (χ4n) is 1.68. The number of fused-ring (bicyclic) bond motifs is 1. The lowest BCUT2D eigenvalue weighted by Crippen LogP contribution is -1.95. The normalized spacial score (nSPS) is 14.8. The predicted molar refractivity (Wildman–Crippen MR) is 63.3 cm³/mol. The summed E-state index contributed by atoms with van der Waals surface area (Å²) in [5.74, 6) is 0. The lowest BCUT2D eigenvalue weighted by Gasteiger charge is -2.07. The Hall–Kier alpha value is 0.230. The molecule has 1 aromatic rings. The Balaban J connectivity index is 2.67. The first-order valence-electron chi connectivity index (χ1n) is 3.95. The van der Waals surface area contributed by atoms with Crippen LogP contribution >= 0.6 is 38.5 Å². The van der Waals surface area contributed by atoms with E-state index in [0.717, 1.165) is 10.2 Å². The summed E-state index contributed by atoms with van der Waals surface area (Å²) >= 11 is 5.84. The number of halogens is 2. The molecule has 1 aliphatic rings. The Labute approximate surface area is 94.0 Å². The van der Waals surface area contributed by atoms with E-state index < -0.39 is 0 Å². The van der Waals surface area contributed by atoms with E-state index >= 15 is 0 Å². The quantitative estimate of drug-likeness (QED) is 0.571. The van der Waals surface area contributed by atoms with Gasteiger partial charge in [0, 0.05) is 8.04 Å². The van der Waals surface area contributed by atoms with Gasteiger partial charge in [-0.05, 0) is 75.0 Å². The van der Waals surface area contributed by atoms with E-state index in [2.05, 4.69) is 44.6 Å². The van der Waals surface area contributed by atoms with Crippen LogP contribution < -0.4 is 5.73 Å². The molecule has 12 heavy (non-hydrogen) atoms.